The van der Waals surface area contributed by atoms with Gasteiger partial charge in [-0.1, -0.05) is 30.3 Å². The third-order valence-corrected chi connectivity index (χ3v) is 3.76. The number of carbonyl (C=O) groups excluding carboxylic acids is 2. The van der Waals surface area contributed by atoms with Crippen LogP contribution in [0.5, 0.6) is 0 Å². The van der Waals surface area contributed by atoms with Crippen LogP contribution in [0.2, 0.25) is 0 Å². The van der Waals surface area contributed by atoms with Crippen LogP contribution >= 0.6 is 0 Å². The molecule has 2 amide bonds. The van der Waals surface area contributed by atoms with Crippen LogP contribution < -0.4 is 10.6 Å². The van der Waals surface area contributed by atoms with Gasteiger partial charge in [0, 0.05) is 23.7 Å². The predicted molar refractivity (Wildman–Crippen MR) is 98.6 cm³/mol. The molecule has 0 saturated carbocycles. The molecular formula is C20H19N3O3. The topological polar surface area (TPSA) is 84.2 Å². The van der Waals surface area contributed by atoms with Crippen LogP contribution in [-0.4, -0.2) is 16.8 Å². The largest absolute Gasteiger partial charge is 0.443 e. The Morgan fingerprint density at radius 2 is 1.73 bits per heavy atom. The summed E-state index contributed by atoms with van der Waals surface area (Å²) < 4.78 is 5.64. The Bertz CT molecular complexity index is 915. The molecule has 0 spiro atoms. The van der Waals surface area contributed by atoms with Crippen molar-refractivity contribution < 1.29 is 14.0 Å². The van der Waals surface area contributed by atoms with Gasteiger partial charge in [0.25, 0.3) is 5.91 Å². The molecule has 3 rings (SSSR count). The van der Waals surface area contributed by atoms with Gasteiger partial charge in [0.05, 0.1) is 6.54 Å². The number of hydrogen-bond donors (Lipinski definition) is 2. The third kappa shape index (κ3) is 4.16. The number of benzene rings is 2. The van der Waals surface area contributed by atoms with Crippen LogP contribution in [0.4, 0.5) is 5.69 Å². The summed E-state index contributed by atoms with van der Waals surface area (Å²) in [5.74, 6) is 0.761. The van der Waals surface area contributed by atoms with Crippen molar-refractivity contribution in [1.82, 2.24) is 10.3 Å². The summed E-state index contributed by atoms with van der Waals surface area (Å²) in [5, 5.41) is 5.44. The standard InChI is InChI=1S/C20H19N3O3/c1-13-19(15-6-4-3-5-7-15)23-18(26-13)12-21-20(25)16-8-10-17(11-9-16)22-14(2)24/h3-11H,12H2,1-2H3,(H,21,25)(H,22,24). The monoisotopic (exact) mass is 349 g/mol. The molecule has 0 aliphatic rings. The number of anilines is 1. The van der Waals surface area contributed by atoms with Crippen LogP contribution in [0.15, 0.2) is 59.0 Å². The van der Waals surface area contributed by atoms with E-state index in [0.717, 1.165) is 11.3 Å². The second-order valence-electron chi connectivity index (χ2n) is 5.82. The first-order valence-electron chi connectivity index (χ1n) is 8.20. The van der Waals surface area contributed by atoms with E-state index in [0.29, 0.717) is 22.9 Å². The Kier molecular flexibility index (Phi) is 5.12. The summed E-state index contributed by atoms with van der Waals surface area (Å²) in [4.78, 5) is 27.7. The van der Waals surface area contributed by atoms with Gasteiger partial charge >= 0.3 is 0 Å². The van der Waals surface area contributed by atoms with E-state index in [9.17, 15) is 9.59 Å². The maximum Gasteiger partial charge on any atom is 0.251 e. The lowest BCUT2D eigenvalue weighted by Gasteiger charge is -2.05. The molecule has 0 bridgehead atoms. The van der Waals surface area contributed by atoms with Crippen LogP contribution in [0.25, 0.3) is 11.3 Å². The normalized spacial score (nSPS) is 10.4. The van der Waals surface area contributed by atoms with E-state index in [-0.39, 0.29) is 18.4 Å². The maximum absolute atomic E-state index is 12.2. The molecule has 3 aromatic rings. The van der Waals surface area contributed by atoms with Gasteiger partial charge in [0.2, 0.25) is 11.8 Å². The second-order valence-corrected chi connectivity index (χ2v) is 5.82. The highest BCUT2D eigenvalue weighted by atomic mass is 16.4. The fraction of sp³-hybridized carbons (Fsp3) is 0.150. The first-order chi connectivity index (χ1) is 12.5. The number of aryl methyl sites for hydroxylation is 1. The van der Waals surface area contributed by atoms with E-state index >= 15 is 0 Å². The molecule has 0 saturated heterocycles. The van der Waals surface area contributed by atoms with Crippen LogP contribution in [-0.2, 0) is 11.3 Å². The lowest BCUT2D eigenvalue weighted by atomic mass is 10.1. The quantitative estimate of drug-likeness (QED) is 0.738. The third-order valence-electron chi connectivity index (χ3n) is 3.76. The number of aromatic nitrogens is 1. The van der Waals surface area contributed by atoms with Crippen molar-refractivity contribution in [1.29, 1.82) is 0 Å². The van der Waals surface area contributed by atoms with E-state index in [1.165, 1.54) is 6.92 Å². The molecule has 0 radical (unpaired) electrons. The van der Waals surface area contributed by atoms with Crippen LogP contribution in [0.1, 0.15) is 28.9 Å². The fourth-order valence-corrected chi connectivity index (χ4v) is 2.56. The minimum atomic E-state index is -0.239. The number of rotatable bonds is 5. The summed E-state index contributed by atoms with van der Waals surface area (Å²) in [5.41, 5.74) is 2.88. The highest BCUT2D eigenvalue weighted by Gasteiger charge is 2.13. The molecule has 2 aromatic carbocycles. The van der Waals surface area contributed by atoms with Crippen LogP contribution in [0.3, 0.4) is 0 Å². The van der Waals surface area contributed by atoms with Gasteiger partial charge in [0.15, 0.2) is 0 Å². The van der Waals surface area contributed by atoms with Crippen molar-refractivity contribution in [2.75, 3.05) is 5.32 Å². The molecule has 6 heteroatoms. The number of amides is 2. The Hall–Kier alpha value is -3.41. The van der Waals surface area contributed by atoms with E-state index in [4.69, 9.17) is 4.42 Å². The van der Waals surface area contributed by atoms with E-state index in [1.54, 1.807) is 24.3 Å². The van der Waals surface area contributed by atoms with E-state index in [1.807, 2.05) is 37.3 Å². The van der Waals surface area contributed by atoms with Crippen molar-refractivity contribution in [2.45, 2.75) is 20.4 Å². The highest BCUT2D eigenvalue weighted by molar-refractivity contribution is 5.95. The summed E-state index contributed by atoms with van der Waals surface area (Å²) in [6.45, 7) is 3.48. The average molecular weight is 349 g/mol. The van der Waals surface area contributed by atoms with Gasteiger partial charge in [-0.15, -0.1) is 0 Å². The van der Waals surface area contributed by atoms with Gasteiger partial charge in [-0.2, -0.15) is 0 Å². The molecule has 6 nitrogen and oxygen atoms in total. The highest BCUT2D eigenvalue weighted by Crippen LogP contribution is 2.23. The zero-order valence-corrected chi connectivity index (χ0v) is 14.6. The Morgan fingerprint density at radius 1 is 1.04 bits per heavy atom. The molecule has 0 atom stereocenters. The Labute approximate surface area is 151 Å². The lowest BCUT2D eigenvalue weighted by molar-refractivity contribution is -0.114. The van der Waals surface area contributed by atoms with Gasteiger partial charge in [0.1, 0.15) is 11.5 Å². The van der Waals surface area contributed by atoms with Crippen molar-refractivity contribution >= 4 is 17.5 Å². The Morgan fingerprint density at radius 3 is 2.38 bits per heavy atom. The number of nitrogens with one attached hydrogen (secondary N) is 2. The molecule has 0 fully saturated rings. The zero-order chi connectivity index (χ0) is 18.5. The summed E-state index contributed by atoms with van der Waals surface area (Å²) in [6.07, 6.45) is 0. The summed E-state index contributed by atoms with van der Waals surface area (Å²) in [6, 6.07) is 16.4. The molecule has 1 aromatic heterocycles. The molecule has 1 heterocycles. The number of hydrogen-bond acceptors (Lipinski definition) is 4. The smallest absolute Gasteiger partial charge is 0.251 e. The fourth-order valence-electron chi connectivity index (χ4n) is 2.56. The van der Waals surface area contributed by atoms with Crippen molar-refractivity contribution in [3.63, 3.8) is 0 Å². The molecule has 26 heavy (non-hydrogen) atoms. The number of nitrogens with zero attached hydrogens (tertiary/aromatic N) is 1. The predicted octanol–water partition coefficient (Wildman–Crippen LogP) is 3.54. The first-order valence-corrected chi connectivity index (χ1v) is 8.20. The van der Waals surface area contributed by atoms with Crippen molar-refractivity contribution in [2.24, 2.45) is 0 Å². The van der Waals surface area contributed by atoms with Gasteiger partial charge in [-0.3, -0.25) is 9.59 Å². The molecular weight excluding hydrogens is 330 g/mol. The number of oxazole rings is 1. The summed E-state index contributed by atoms with van der Waals surface area (Å²) in [7, 11) is 0. The minimum absolute atomic E-state index is 0.157. The first kappa shape index (κ1) is 17.4. The molecule has 132 valence electrons. The maximum atomic E-state index is 12.2. The van der Waals surface area contributed by atoms with E-state index < -0.39 is 0 Å². The molecule has 0 aliphatic heterocycles. The molecule has 0 aliphatic carbocycles. The summed E-state index contributed by atoms with van der Waals surface area (Å²) >= 11 is 0. The van der Waals surface area contributed by atoms with E-state index in [2.05, 4.69) is 15.6 Å². The SMILES string of the molecule is CC(=O)Nc1ccc(C(=O)NCc2nc(-c3ccccc3)c(C)o2)cc1. The molecule has 0 unspecified atom stereocenters. The lowest BCUT2D eigenvalue weighted by Crippen LogP contribution is -2.22. The second kappa shape index (κ2) is 7.65. The average Bonchev–Trinajstić information content (AvgIpc) is 3.01. The van der Waals surface area contributed by atoms with Crippen LogP contribution in [0, 0.1) is 6.92 Å². The minimum Gasteiger partial charge on any atom is -0.443 e. The van der Waals surface area contributed by atoms with Gasteiger partial charge in [-0.05, 0) is 31.2 Å². The van der Waals surface area contributed by atoms with Gasteiger partial charge in [-0.25, -0.2) is 4.98 Å². The molecule has 2 N–H and O–H groups in total. The Balaban J connectivity index is 1.64. The van der Waals surface area contributed by atoms with Crippen molar-refractivity contribution in [3.8, 4) is 11.3 Å². The zero-order valence-electron chi connectivity index (χ0n) is 14.6. The van der Waals surface area contributed by atoms with Gasteiger partial charge < -0.3 is 15.1 Å². The van der Waals surface area contributed by atoms with Crippen molar-refractivity contribution in [3.05, 3.63) is 71.8 Å². The number of carbonyl (C=O) groups is 2.